The fraction of sp³-hybridized carbons (Fsp3) is 0.308. The van der Waals surface area contributed by atoms with Crippen LogP contribution in [-0.2, 0) is 11.0 Å². The zero-order chi connectivity index (χ0) is 28.9. The number of aromatic nitrogens is 1. The molecular weight excluding hydrogens is 573 g/mol. The maximum absolute atomic E-state index is 13.2. The highest BCUT2D eigenvalue weighted by Gasteiger charge is 2.45. The highest BCUT2D eigenvalue weighted by Crippen LogP contribution is 2.45. The van der Waals surface area contributed by atoms with Crippen LogP contribution < -0.4 is 10.1 Å². The Hall–Kier alpha value is -3.02. The van der Waals surface area contributed by atoms with Crippen molar-refractivity contribution in [2.75, 3.05) is 0 Å². The van der Waals surface area contributed by atoms with Crippen LogP contribution in [0.4, 0.5) is 26.3 Å². The lowest BCUT2D eigenvalue weighted by molar-refractivity contribution is -0.205. The maximum atomic E-state index is 13.2. The summed E-state index contributed by atoms with van der Waals surface area (Å²) in [7, 11) is 0. The number of benzene rings is 2. The largest absolute Gasteiger partial charge is 0.471 e. The number of hydrogen-bond donors (Lipinski definition) is 2. The van der Waals surface area contributed by atoms with Gasteiger partial charge in [-0.2, -0.15) is 26.3 Å². The number of alkyl halides is 6. The third kappa shape index (κ3) is 6.26. The number of carbonyl (C=O) groups excluding carboxylic acids is 1. The van der Waals surface area contributed by atoms with E-state index in [9.17, 15) is 36.2 Å². The van der Waals surface area contributed by atoms with Crippen molar-refractivity contribution in [2.24, 2.45) is 0 Å². The second-order valence-electron chi connectivity index (χ2n) is 9.55. The molecule has 5 nitrogen and oxygen atoms in total. The van der Waals surface area contributed by atoms with Crippen LogP contribution in [0.15, 0.2) is 48.5 Å². The monoisotopic (exact) mass is 592 g/mol. The molecule has 0 saturated carbocycles. The van der Waals surface area contributed by atoms with Crippen LogP contribution in [0, 0.1) is 0 Å². The minimum atomic E-state index is -5.19. The van der Waals surface area contributed by atoms with E-state index >= 15 is 0 Å². The first-order valence-corrected chi connectivity index (χ1v) is 12.1. The first-order chi connectivity index (χ1) is 18.0. The highest BCUT2D eigenvalue weighted by molar-refractivity contribution is 6.36. The molecule has 2 unspecified atom stereocenters. The predicted molar refractivity (Wildman–Crippen MR) is 132 cm³/mol. The average molecular weight is 593 g/mol. The van der Waals surface area contributed by atoms with E-state index in [0.717, 1.165) is 12.1 Å². The van der Waals surface area contributed by atoms with E-state index in [1.165, 1.54) is 30.3 Å². The van der Waals surface area contributed by atoms with Gasteiger partial charge in [-0.1, -0.05) is 35.3 Å². The van der Waals surface area contributed by atoms with Crippen LogP contribution in [0.1, 0.15) is 37.4 Å². The Morgan fingerprint density at radius 3 is 2.26 bits per heavy atom. The molecule has 0 bridgehead atoms. The van der Waals surface area contributed by atoms with Crippen molar-refractivity contribution in [2.45, 2.75) is 50.4 Å². The van der Waals surface area contributed by atoms with Crippen LogP contribution in [0.3, 0.4) is 0 Å². The minimum Gasteiger partial charge on any atom is -0.471 e. The van der Waals surface area contributed by atoms with Gasteiger partial charge < -0.3 is 15.2 Å². The first-order valence-electron chi connectivity index (χ1n) is 11.4. The Balaban J connectivity index is 1.90. The Bertz CT molecular complexity index is 1410. The number of nitrogens with one attached hydrogen (secondary N) is 1. The minimum absolute atomic E-state index is 0.00545. The number of aliphatic hydroxyl groups is 1. The summed E-state index contributed by atoms with van der Waals surface area (Å²) in [4.78, 5) is 16.8. The van der Waals surface area contributed by atoms with E-state index < -0.39 is 41.6 Å². The third-order valence-corrected chi connectivity index (χ3v) is 6.59. The number of nitrogens with zero attached hydrogens (tertiary/aromatic N) is 1. The number of carbonyl (C=O) groups is 1. The van der Waals surface area contributed by atoms with Gasteiger partial charge in [0.05, 0.1) is 22.3 Å². The molecule has 208 valence electrons. The van der Waals surface area contributed by atoms with Gasteiger partial charge in [0.2, 0.25) is 12.0 Å². The zero-order valence-corrected chi connectivity index (χ0v) is 21.7. The van der Waals surface area contributed by atoms with Gasteiger partial charge >= 0.3 is 12.4 Å². The van der Waals surface area contributed by atoms with Crippen LogP contribution in [0.25, 0.3) is 22.4 Å². The zero-order valence-electron chi connectivity index (χ0n) is 20.2. The molecule has 0 spiro atoms. The van der Waals surface area contributed by atoms with Crippen molar-refractivity contribution in [1.29, 1.82) is 0 Å². The summed E-state index contributed by atoms with van der Waals surface area (Å²) >= 11 is 12.4. The second-order valence-corrected chi connectivity index (χ2v) is 10.4. The van der Waals surface area contributed by atoms with Crippen LogP contribution in [0.2, 0.25) is 10.0 Å². The molecule has 39 heavy (non-hydrogen) atoms. The lowest BCUT2D eigenvalue weighted by Crippen LogP contribution is -2.48. The van der Waals surface area contributed by atoms with E-state index in [1.807, 2.05) is 0 Å². The summed E-state index contributed by atoms with van der Waals surface area (Å²) in [6.07, 6.45) is -13.0. The van der Waals surface area contributed by atoms with Gasteiger partial charge in [-0.3, -0.25) is 4.79 Å². The van der Waals surface area contributed by atoms with Gasteiger partial charge in [-0.15, -0.1) is 0 Å². The number of aliphatic hydroxyl groups excluding tert-OH is 1. The van der Waals surface area contributed by atoms with Gasteiger partial charge in [0.25, 0.3) is 5.91 Å². The summed E-state index contributed by atoms with van der Waals surface area (Å²) in [5, 5.41) is 12.1. The smallest absolute Gasteiger partial charge is 0.423 e. The number of ether oxygens (including phenoxy) is 1. The number of pyridine rings is 1. The van der Waals surface area contributed by atoms with Crippen molar-refractivity contribution in [3.63, 3.8) is 0 Å². The van der Waals surface area contributed by atoms with Crippen LogP contribution >= 0.6 is 23.2 Å². The van der Waals surface area contributed by atoms with Crippen molar-refractivity contribution < 1.29 is 41.0 Å². The van der Waals surface area contributed by atoms with E-state index in [4.69, 9.17) is 27.9 Å². The number of fused-ring (bicyclic) bond motifs is 1. The molecule has 13 heteroatoms. The predicted octanol–water partition coefficient (Wildman–Crippen LogP) is 7.38. The van der Waals surface area contributed by atoms with E-state index in [-0.39, 0.29) is 39.7 Å². The maximum Gasteiger partial charge on any atom is 0.423 e. The Morgan fingerprint density at radius 1 is 1.05 bits per heavy atom. The molecule has 1 aromatic heterocycles. The lowest BCUT2D eigenvalue weighted by atomic mass is 9.88. The summed E-state index contributed by atoms with van der Waals surface area (Å²) in [5.41, 5.74) is -0.611. The first kappa shape index (κ1) is 29.0. The molecule has 1 amide bonds. The molecule has 0 aliphatic carbocycles. The number of rotatable bonds is 4. The molecule has 2 atom stereocenters. The molecule has 0 saturated heterocycles. The van der Waals surface area contributed by atoms with E-state index in [0.29, 0.717) is 10.6 Å². The number of halogens is 8. The standard InChI is InChI=1S/C26H20Cl2F6N2O3/c1-24(2)11-19(35-22(38)21(37)26(32,33)34)17-10-16(12-3-5-13(6-4-12)25(29,30)31)20(36-23(17)39-24)15-8-7-14(27)9-18(15)28/h3-10,19,21,37H,11H2,1-2H3,(H,35,38). The van der Waals surface area contributed by atoms with Gasteiger partial charge in [0.15, 0.2) is 0 Å². The number of amides is 1. The number of hydrogen-bond acceptors (Lipinski definition) is 4. The summed E-state index contributed by atoms with van der Waals surface area (Å²) in [6, 6.07) is 9.10. The average Bonchev–Trinajstić information content (AvgIpc) is 2.81. The Kier molecular flexibility index (Phi) is 7.57. The molecular formula is C26H20Cl2F6N2O3. The fourth-order valence-electron chi connectivity index (χ4n) is 4.22. The third-order valence-electron chi connectivity index (χ3n) is 6.04. The molecule has 0 radical (unpaired) electrons. The molecule has 1 aliphatic rings. The van der Waals surface area contributed by atoms with Gasteiger partial charge in [-0.05, 0) is 55.8 Å². The summed E-state index contributed by atoms with van der Waals surface area (Å²) in [6.45, 7) is 3.27. The highest BCUT2D eigenvalue weighted by atomic mass is 35.5. The van der Waals surface area contributed by atoms with E-state index in [1.54, 1.807) is 19.9 Å². The second kappa shape index (κ2) is 10.2. The van der Waals surface area contributed by atoms with E-state index in [2.05, 4.69) is 10.3 Å². The van der Waals surface area contributed by atoms with Crippen molar-refractivity contribution >= 4 is 29.1 Å². The quantitative estimate of drug-likeness (QED) is 0.310. The molecule has 0 fully saturated rings. The molecule has 4 rings (SSSR count). The van der Waals surface area contributed by atoms with Gasteiger partial charge in [-0.25, -0.2) is 4.98 Å². The molecule has 1 aliphatic heterocycles. The van der Waals surface area contributed by atoms with Crippen LogP contribution in [-0.4, -0.2) is 33.9 Å². The fourth-order valence-corrected chi connectivity index (χ4v) is 4.72. The van der Waals surface area contributed by atoms with Crippen molar-refractivity contribution in [3.05, 3.63) is 69.7 Å². The Labute approximate surface area is 228 Å². The normalized spacial score (nSPS) is 17.7. The molecule has 2 heterocycles. The molecule has 3 aromatic rings. The van der Waals surface area contributed by atoms with Gasteiger partial charge in [0.1, 0.15) is 5.60 Å². The Morgan fingerprint density at radius 2 is 1.69 bits per heavy atom. The van der Waals surface area contributed by atoms with Crippen molar-refractivity contribution in [1.82, 2.24) is 10.3 Å². The molecule has 2 aromatic carbocycles. The lowest BCUT2D eigenvalue weighted by Gasteiger charge is -2.38. The topological polar surface area (TPSA) is 71.5 Å². The van der Waals surface area contributed by atoms with Gasteiger partial charge in [0, 0.05) is 28.1 Å². The summed E-state index contributed by atoms with van der Waals surface area (Å²) < 4.78 is 84.4. The SMILES string of the molecule is CC1(C)CC(NC(=O)C(O)C(F)(F)F)c2cc(-c3ccc(C(F)(F)F)cc3)c(-c3ccc(Cl)cc3Cl)nc2O1. The summed E-state index contributed by atoms with van der Waals surface area (Å²) in [5.74, 6) is -1.70. The molecule has 2 N–H and O–H groups in total. The van der Waals surface area contributed by atoms with Crippen molar-refractivity contribution in [3.8, 4) is 28.3 Å². The van der Waals surface area contributed by atoms with Crippen LogP contribution in [0.5, 0.6) is 5.88 Å².